The highest BCUT2D eigenvalue weighted by atomic mass is 79.9. The molecule has 7 heteroatoms. The van der Waals surface area contributed by atoms with Crippen molar-refractivity contribution in [3.05, 3.63) is 99.0 Å². The van der Waals surface area contributed by atoms with E-state index in [9.17, 15) is 9.59 Å². The Bertz CT molecular complexity index is 999. The Labute approximate surface area is 175 Å². The molecule has 0 aliphatic heterocycles. The second kappa shape index (κ2) is 9.39. The van der Waals surface area contributed by atoms with Gasteiger partial charge in [-0.1, -0.05) is 51.8 Å². The lowest BCUT2D eigenvalue weighted by Crippen LogP contribution is -2.34. The highest BCUT2D eigenvalue weighted by Crippen LogP contribution is 2.16. The molecule has 2 aromatic carbocycles. The summed E-state index contributed by atoms with van der Waals surface area (Å²) in [4.78, 5) is 25.3. The van der Waals surface area contributed by atoms with Crippen molar-refractivity contribution >= 4 is 45.4 Å². The lowest BCUT2D eigenvalue weighted by Gasteiger charge is -2.11. The molecule has 3 aromatic rings. The van der Waals surface area contributed by atoms with Gasteiger partial charge in [0.2, 0.25) is 0 Å². The number of benzene rings is 2. The van der Waals surface area contributed by atoms with Gasteiger partial charge >= 0.3 is 0 Å². The summed E-state index contributed by atoms with van der Waals surface area (Å²) < 4.78 is 6.13. The summed E-state index contributed by atoms with van der Waals surface area (Å²) in [6.45, 7) is 0.200. The maximum absolute atomic E-state index is 12.7. The molecule has 1 aromatic heterocycles. The molecule has 0 saturated carbocycles. The largest absolute Gasteiger partial charge is 0.467 e. The van der Waals surface area contributed by atoms with E-state index < -0.39 is 11.8 Å². The molecule has 2 N–H and O–H groups in total. The van der Waals surface area contributed by atoms with Gasteiger partial charge in [-0.25, -0.2) is 0 Å². The Kier molecular flexibility index (Phi) is 6.68. The second-order valence-corrected chi connectivity index (χ2v) is 7.13. The van der Waals surface area contributed by atoms with Crippen LogP contribution in [0.1, 0.15) is 21.7 Å². The first kappa shape index (κ1) is 19.9. The molecule has 5 nitrogen and oxygen atoms in total. The number of carbonyl (C=O) groups excluding carboxylic acids is 2. The predicted octanol–water partition coefficient (Wildman–Crippen LogP) is 4.78. The number of rotatable bonds is 6. The second-order valence-electron chi connectivity index (χ2n) is 5.81. The van der Waals surface area contributed by atoms with Crippen molar-refractivity contribution in [2.24, 2.45) is 0 Å². The van der Waals surface area contributed by atoms with E-state index in [2.05, 4.69) is 26.6 Å². The van der Waals surface area contributed by atoms with Gasteiger partial charge < -0.3 is 15.1 Å². The Morgan fingerprint density at radius 1 is 1.04 bits per heavy atom. The first-order valence-corrected chi connectivity index (χ1v) is 9.54. The van der Waals surface area contributed by atoms with Gasteiger partial charge in [-0.2, -0.15) is 0 Å². The molecule has 0 radical (unpaired) electrons. The van der Waals surface area contributed by atoms with E-state index in [0.717, 1.165) is 10.0 Å². The smallest absolute Gasteiger partial charge is 0.268 e. The van der Waals surface area contributed by atoms with E-state index in [1.165, 1.54) is 6.26 Å². The normalized spacial score (nSPS) is 11.1. The topological polar surface area (TPSA) is 71.3 Å². The van der Waals surface area contributed by atoms with Crippen molar-refractivity contribution in [1.82, 2.24) is 10.6 Å². The van der Waals surface area contributed by atoms with E-state index in [0.29, 0.717) is 10.8 Å². The number of carbonyl (C=O) groups is 2. The average Bonchev–Trinajstić information content (AvgIpc) is 3.21. The predicted molar refractivity (Wildman–Crippen MR) is 112 cm³/mol. The minimum absolute atomic E-state index is 0.0961. The molecule has 0 atom stereocenters. The molecule has 0 aliphatic rings. The van der Waals surface area contributed by atoms with Crippen molar-refractivity contribution < 1.29 is 14.0 Å². The maximum Gasteiger partial charge on any atom is 0.268 e. The van der Waals surface area contributed by atoms with Crippen LogP contribution in [0.25, 0.3) is 6.08 Å². The Morgan fingerprint density at radius 3 is 2.46 bits per heavy atom. The number of halogens is 2. The van der Waals surface area contributed by atoms with Crippen LogP contribution in [-0.4, -0.2) is 11.8 Å². The molecule has 0 fully saturated rings. The molecule has 28 heavy (non-hydrogen) atoms. The summed E-state index contributed by atoms with van der Waals surface area (Å²) in [6.07, 6.45) is 3.12. The zero-order valence-corrected chi connectivity index (χ0v) is 17.0. The van der Waals surface area contributed by atoms with Gasteiger partial charge in [0, 0.05) is 4.47 Å². The van der Waals surface area contributed by atoms with E-state index in [-0.39, 0.29) is 17.8 Å². The number of nitrogens with one attached hydrogen (secondary N) is 2. The van der Waals surface area contributed by atoms with Crippen LogP contribution >= 0.6 is 27.5 Å². The van der Waals surface area contributed by atoms with Gasteiger partial charge in [0.15, 0.2) is 0 Å². The Hall–Kier alpha value is -2.83. The fourth-order valence-corrected chi connectivity index (χ4v) is 2.88. The summed E-state index contributed by atoms with van der Waals surface area (Å²) in [5, 5.41) is 5.69. The average molecular weight is 460 g/mol. The summed E-state index contributed by atoms with van der Waals surface area (Å²) in [5.74, 6) is -0.310. The molecule has 142 valence electrons. The Morgan fingerprint density at radius 2 is 1.79 bits per heavy atom. The van der Waals surface area contributed by atoms with Gasteiger partial charge in [-0.15, -0.1) is 0 Å². The van der Waals surface area contributed by atoms with E-state index in [4.69, 9.17) is 16.0 Å². The number of furan rings is 1. The van der Waals surface area contributed by atoms with Crippen LogP contribution in [-0.2, 0) is 11.3 Å². The van der Waals surface area contributed by atoms with Crippen LogP contribution in [0.2, 0.25) is 5.02 Å². The van der Waals surface area contributed by atoms with Crippen molar-refractivity contribution in [2.45, 2.75) is 6.54 Å². The summed E-state index contributed by atoms with van der Waals surface area (Å²) in [6, 6.07) is 17.5. The number of amides is 2. The van der Waals surface area contributed by atoms with Crippen LogP contribution < -0.4 is 10.6 Å². The van der Waals surface area contributed by atoms with Crippen molar-refractivity contribution in [1.29, 1.82) is 0 Å². The third-order valence-electron chi connectivity index (χ3n) is 3.80. The fourth-order valence-electron chi connectivity index (χ4n) is 2.39. The summed E-state index contributed by atoms with van der Waals surface area (Å²) >= 11 is 9.46. The Balaban J connectivity index is 1.83. The molecule has 3 rings (SSSR count). The maximum atomic E-state index is 12.7. The van der Waals surface area contributed by atoms with Crippen LogP contribution in [0.15, 0.2) is 81.5 Å². The lowest BCUT2D eigenvalue weighted by atomic mass is 10.1. The molecular formula is C21H16BrClN2O3. The fraction of sp³-hybridized carbons (Fsp3) is 0.0476. The van der Waals surface area contributed by atoms with Gasteiger partial charge in [0.25, 0.3) is 11.8 Å². The van der Waals surface area contributed by atoms with Gasteiger partial charge in [0.1, 0.15) is 11.5 Å². The van der Waals surface area contributed by atoms with E-state index in [1.807, 2.05) is 24.3 Å². The summed E-state index contributed by atoms with van der Waals surface area (Å²) in [7, 11) is 0. The SMILES string of the molecule is O=C(NCc1ccco1)/C(=C/c1ccc(Br)cc1)NC(=O)c1ccccc1Cl. The van der Waals surface area contributed by atoms with Crippen LogP contribution in [0.5, 0.6) is 0 Å². The molecular weight excluding hydrogens is 444 g/mol. The molecule has 0 bridgehead atoms. The third-order valence-corrected chi connectivity index (χ3v) is 4.65. The molecule has 0 spiro atoms. The van der Waals surface area contributed by atoms with Crippen molar-refractivity contribution in [2.75, 3.05) is 0 Å². The minimum atomic E-state index is -0.470. The molecule has 0 saturated heterocycles. The van der Waals surface area contributed by atoms with E-state index in [1.54, 1.807) is 42.5 Å². The zero-order valence-electron chi connectivity index (χ0n) is 14.6. The van der Waals surface area contributed by atoms with Gasteiger partial charge in [-0.05, 0) is 48.0 Å². The summed E-state index contributed by atoms with van der Waals surface area (Å²) in [5.41, 5.74) is 1.13. The van der Waals surface area contributed by atoms with E-state index >= 15 is 0 Å². The third kappa shape index (κ3) is 5.34. The van der Waals surface area contributed by atoms with Gasteiger partial charge in [-0.3, -0.25) is 9.59 Å². The van der Waals surface area contributed by atoms with Crippen molar-refractivity contribution in [3.63, 3.8) is 0 Å². The molecule has 0 aliphatic carbocycles. The van der Waals surface area contributed by atoms with Crippen LogP contribution in [0.4, 0.5) is 0 Å². The number of hydrogen-bond acceptors (Lipinski definition) is 3. The minimum Gasteiger partial charge on any atom is -0.467 e. The van der Waals surface area contributed by atoms with Crippen molar-refractivity contribution in [3.8, 4) is 0 Å². The highest BCUT2D eigenvalue weighted by Gasteiger charge is 2.16. The molecule has 2 amide bonds. The van der Waals surface area contributed by atoms with Crippen LogP contribution in [0, 0.1) is 0 Å². The quantitative estimate of drug-likeness (QED) is 0.521. The molecule has 0 unspecified atom stereocenters. The monoisotopic (exact) mass is 458 g/mol. The number of hydrogen-bond donors (Lipinski definition) is 2. The van der Waals surface area contributed by atoms with Crippen LogP contribution in [0.3, 0.4) is 0 Å². The lowest BCUT2D eigenvalue weighted by molar-refractivity contribution is -0.118. The first-order valence-electron chi connectivity index (χ1n) is 8.36. The highest BCUT2D eigenvalue weighted by molar-refractivity contribution is 9.10. The molecule has 1 heterocycles. The first-order chi connectivity index (χ1) is 13.5. The zero-order chi connectivity index (χ0) is 19.9. The van der Waals surface area contributed by atoms with Gasteiger partial charge in [0.05, 0.1) is 23.4 Å². The standard InChI is InChI=1S/C21H16BrClN2O3/c22-15-9-7-14(8-10-15)12-19(21(27)24-13-16-4-3-11-28-16)25-20(26)17-5-1-2-6-18(17)23/h1-12H,13H2,(H,24,27)(H,25,26)/b19-12-.